The molecule has 0 aliphatic rings. The number of carbonyl (C=O) groups excluding carboxylic acids is 1. The molecule has 0 saturated carbocycles. The van der Waals surface area contributed by atoms with Gasteiger partial charge in [0.15, 0.2) is 11.5 Å². The summed E-state index contributed by atoms with van der Waals surface area (Å²) < 4.78 is 1.49. The van der Waals surface area contributed by atoms with Gasteiger partial charge in [-0.15, -0.1) is 0 Å². The standard InChI is InChI=1S/C8H8ClN5O/c1-10-8(15)12-6-4-14-7(11-6)3-2-5(9)13-14/h2-4H,1H3,(H2,10,12,15). The highest BCUT2D eigenvalue weighted by Crippen LogP contribution is 2.10. The van der Waals surface area contributed by atoms with E-state index in [9.17, 15) is 4.79 Å². The van der Waals surface area contributed by atoms with Crippen molar-refractivity contribution in [3.63, 3.8) is 0 Å². The van der Waals surface area contributed by atoms with Crippen LogP contribution in [0.5, 0.6) is 0 Å². The van der Waals surface area contributed by atoms with E-state index >= 15 is 0 Å². The van der Waals surface area contributed by atoms with Crippen molar-refractivity contribution in [2.45, 2.75) is 0 Å². The molecule has 0 unspecified atom stereocenters. The van der Waals surface area contributed by atoms with Gasteiger partial charge in [0.1, 0.15) is 5.15 Å². The van der Waals surface area contributed by atoms with Crippen LogP contribution in [0.15, 0.2) is 18.3 Å². The monoisotopic (exact) mass is 225 g/mol. The number of amides is 2. The predicted molar refractivity (Wildman–Crippen MR) is 56.1 cm³/mol. The lowest BCUT2D eigenvalue weighted by Gasteiger charge is -1.97. The normalized spacial score (nSPS) is 10.3. The van der Waals surface area contributed by atoms with Crippen molar-refractivity contribution in [3.8, 4) is 0 Å². The molecule has 2 aromatic rings. The number of nitrogens with zero attached hydrogens (tertiary/aromatic N) is 3. The molecule has 7 heteroatoms. The third-order valence-corrected chi connectivity index (χ3v) is 1.96. The van der Waals surface area contributed by atoms with Crippen LogP contribution in [0.2, 0.25) is 5.15 Å². The predicted octanol–water partition coefficient (Wildman–Crippen LogP) is 1.13. The number of anilines is 1. The molecule has 2 N–H and O–H groups in total. The van der Waals surface area contributed by atoms with Crippen molar-refractivity contribution in [1.82, 2.24) is 19.9 Å². The van der Waals surface area contributed by atoms with E-state index in [2.05, 4.69) is 20.7 Å². The Morgan fingerprint density at radius 1 is 1.53 bits per heavy atom. The highest BCUT2D eigenvalue weighted by Gasteiger charge is 2.04. The lowest BCUT2D eigenvalue weighted by Crippen LogP contribution is -2.24. The van der Waals surface area contributed by atoms with Crippen LogP contribution in [-0.4, -0.2) is 27.7 Å². The van der Waals surface area contributed by atoms with Crippen LogP contribution in [0.3, 0.4) is 0 Å². The Morgan fingerprint density at radius 3 is 3.07 bits per heavy atom. The molecule has 0 spiro atoms. The Morgan fingerprint density at radius 2 is 2.33 bits per heavy atom. The van der Waals surface area contributed by atoms with Gasteiger partial charge >= 0.3 is 6.03 Å². The van der Waals surface area contributed by atoms with Crippen LogP contribution in [0.4, 0.5) is 10.6 Å². The maximum absolute atomic E-state index is 11.0. The summed E-state index contributed by atoms with van der Waals surface area (Å²) in [5, 5.41) is 9.30. The average molecular weight is 226 g/mol. The lowest BCUT2D eigenvalue weighted by atomic mass is 10.6. The number of hydrogen-bond donors (Lipinski definition) is 2. The molecular weight excluding hydrogens is 218 g/mol. The number of fused-ring (bicyclic) bond motifs is 1. The fourth-order valence-corrected chi connectivity index (χ4v) is 1.24. The highest BCUT2D eigenvalue weighted by atomic mass is 35.5. The minimum Gasteiger partial charge on any atom is -0.341 e. The first-order valence-electron chi connectivity index (χ1n) is 4.20. The van der Waals surface area contributed by atoms with E-state index in [0.717, 1.165) is 0 Å². The van der Waals surface area contributed by atoms with Crippen molar-refractivity contribution < 1.29 is 4.79 Å². The van der Waals surface area contributed by atoms with Gasteiger partial charge in [-0.25, -0.2) is 14.3 Å². The van der Waals surface area contributed by atoms with Crippen molar-refractivity contribution in [2.24, 2.45) is 0 Å². The molecule has 0 aromatic carbocycles. The van der Waals surface area contributed by atoms with E-state index in [1.807, 2.05) is 0 Å². The van der Waals surface area contributed by atoms with Crippen LogP contribution in [-0.2, 0) is 0 Å². The summed E-state index contributed by atoms with van der Waals surface area (Å²) in [7, 11) is 1.53. The topological polar surface area (TPSA) is 71.3 Å². The molecule has 2 aromatic heterocycles. The number of aromatic nitrogens is 3. The van der Waals surface area contributed by atoms with Gasteiger partial charge in [-0.2, -0.15) is 5.10 Å². The zero-order valence-corrected chi connectivity index (χ0v) is 8.62. The Labute approximate surface area is 90.3 Å². The van der Waals surface area contributed by atoms with Gasteiger partial charge in [0, 0.05) is 7.05 Å². The van der Waals surface area contributed by atoms with Crippen molar-refractivity contribution in [3.05, 3.63) is 23.5 Å². The van der Waals surface area contributed by atoms with Gasteiger partial charge in [0.2, 0.25) is 0 Å². The number of halogens is 1. The van der Waals surface area contributed by atoms with Crippen molar-refractivity contribution >= 4 is 29.1 Å². The number of carbonyl (C=O) groups is 1. The molecule has 0 radical (unpaired) electrons. The quantitative estimate of drug-likeness (QED) is 0.764. The van der Waals surface area contributed by atoms with Crippen LogP contribution in [0, 0.1) is 0 Å². The second-order valence-electron chi connectivity index (χ2n) is 2.79. The van der Waals surface area contributed by atoms with Crippen LogP contribution < -0.4 is 10.6 Å². The third kappa shape index (κ3) is 1.99. The second-order valence-corrected chi connectivity index (χ2v) is 3.18. The van der Waals surface area contributed by atoms with E-state index in [-0.39, 0.29) is 6.03 Å². The number of hydrogen-bond acceptors (Lipinski definition) is 3. The molecule has 0 aliphatic carbocycles. The highest BCUT2D eigenvalue weighted by molar-refractivity contribution is 6.29. The van der Waals surface area contributed by atoms with Gasteiger partial charge in [-0.05, 0) is 12.1 Å². The molecular formula is C8H8ClN5O. The fraction of sp³-hybridized carbons (Fsp3) is 0.125. The van der Waals surface area contributed by atoms with E-state index in [1.54, 1.807) is 18.3 Å². The van der Waals surface area contributed by atoms with Gasteiger partial charge in [0.25, 0.3) is 0 Å². The molecule has 0 bridgehead atoms. The van der Waals surface area contributed by atoms with E-state index in [1.165, 1.54) is 11.6 Å². The summed E-state index contributed by atoms with van der Waals surface area (Å²) in [6.45, 7) is 0. The minimum absolute atomic E-state index is 0.329. The number of urea groups is 1. The van der Waals surface area contributed by atoms with E-state index in [0.29, 0.717) is 16.6 Å². The zero-order valence-electron chi connectivity index (χ0n) is 7.86. The van der Waals surface area contributed by atoms with Gasteiger partial charge in [0.05, 0.1) is 6.20 Å². The largest absolute Gasteiger partial charge is 0.341 e. The second kappa shape index (κ2) is 3.74. The molecule has 78 valence electrons. The van der Waals surface area contributed by atoms with Crippen LogP contribution in [0.1, 0.15) is 0 Å². The molecule has 0 saturated heterocycles. The van der Waals surface area contributed by atoms with Crippen molar-refractivity contribution in [2.75, 3.05) is 12.4 Å². The molecule has 2 amide bonds. The zero-order chi connectivity index (χ0) is 10.8. The molecule has 6 nitrogen and oxygen atoms in total. The molecule has 2 rings (SSSR count). The number of rotatable bonds is 1. The molecule has 0 fully saturated rings. The third-order valence-electron chi connectivity index (χ3n) is 1.76. The Bertz CT molecular complexity index is 509. The molecule has 15 heavy (non-hydrogen) atoms. The Balaban J connectivity index is 2.34. The Kier molecular flexibility index (Phi) is 2.42. The van der Waals surface area contributed by atoms with Gasteiger partial charge in [-0.3, -0.25) is 5.32 Å². The number of imidazole rings is 1. The summed E-state index contributed by atoms with van der Waals surface area (Å²) >= 11 is 5.70. The van der Waals surface area contributed by atoms with Gasteiger partial charge < -0.3 is 5.32 Å². The summed E-state index contributed by atoms with van der Waals surface area (Å²) in [6, 6.07) is 3.02. The van der Waals surface area contributed by atoms with E-state index in [4.69, 9.17) is 11.6 Å². The summed E-state index contributed by atoms with van der Waals surface area (Å²) in [5.74, 6) is 0.420. The van der Waals surface area contributed by atoms with Crippen LogP contribution >= 0.6 is 11.6 Å². The number of nitrogens with one attached hydrogen (secondary N) is 2. The smallest absolute Gasteiger partial charge is 0.320 e. The first kappa shape index (κ1) is 9.72. The summed E-state index contributed by atoms with van der Waals surface area (Å²) in [5.41, 5.74) is 0.616. The summed E-state index contributed by atoms with van der Waals surface area (Å²) in [4.78, 5) is 15.1. The van der Waals surface area contributed by atoms with Crippen LogP contribution in [0.25, 0.3) is 5.65 Å². The maximum atomic E-state index is 11.0. The SMILES string of the molecule is CNC(=O)Nc1cn2nc(Cl)ccc2n1. The minimum atomic E-state index is -0.329. The first-order valence-corrected chi connectivity index (χ1v) is 4.57. The van der Waals surface area contributed by atoms with Crippen molar-refractivity contribution in [1.29, 1.82) is 0 Å². The summed E-state index contributed by atoms with van der Waals surface area (Å²) in [6.07, 6.45) is 1.58. The Hall–Kier alpha value is -1.82. The maximum Gasteiger partial charge on any atom is 0.320 e. The fourth-order valence-electron chi connectivity index (χ4n) is 1.10. The van der Waals surface area contributed by atoms with Gasteiger partial charge in [-0.1, -0.05) is 11.6 Å². The molecule has 0 atom stereocenters. The average Bonchev–Trinajstić information content (AvgIpc) is 2.59. The lowest BCUT2D eigenvalue weighted by molar-refractivity contribution is 0.254. The van der Waals surface area contributed by atoms with E-state index < -0.39 is 0 Å². The molecule has 2 heterocycles. The molecule has 0 aliphatic heterocycles. The first-order chi connectivity index (χ1) is 7.19.